The molecular weight excluding hydrogens is 228 g/mol. The Kier molecular flexibility index (Phi) is 9.68. The number of carbonyl (C=O) groups excluding carboxylic acids is 1. The Balaban J connectivity index is 0.00000225. The lowest BCUT2D eigenvalue weighted by atomic mass is 10.1. The molecule has 0 radical (unpaired) electrons. The monoisotopic (exact) mass is 250 g/mol. The third-order valence-electron chi connectivity index (χ3n) is 2.55. The molecule has 0 aliphatic carbocycles. The van der Waals surface area contributed by atoms with Gasteiger partial charge in [0.15, 0.2) is 0 Å². The number of nitrogens with one attached hydrogen (secondary N) is 2. The first kappa shape index (κ1) is 15.7. The van der Waals surface area contributed by atoms with Gasteiger partial charge in [-0.05, 0) is 25.3 Å². The molecule has 1 unspecified atom stereocenters. The molecular formula is C11H23ClN2O2. The lowest BCUT2D eigenvalue weighted by Crippen LogP contribution is -2.33. The van der Waals surface area contributed by atoms with Crippen LogP contribution in [0, 0.1) is 5.92 Å². The average Bonchev–Trinajstić information content (AvgIpc) is 2.70. The third kappa shape index (κ3) is 7.04. The molecule has 96 valence electrons. The van der Waals surface area contributed by atoms with E-state index in [9.17, 15) is 4.79 Å². The summed E-state index contributed by atoms with van der Waals surface area (Å²) in [7, 11) is 0. The van der Waals surface area contributed by atoms with Crippen LogP contribution in [0.15, 0.2) is 0 Å². The summed E-state index contributed by atoms with van der Waals surface area (Å²) in [6, 6.07) is 0. The van der Waals surface area contributed by atoms with Gasteiger partial charge in [0.05, 0.1) is 0 Å². The molecule has 1 rings (SSSR count). The SMILES string of the molecule is CCCNCCNC(=O)CC1CCOC1.Cl. The van der Waals surface area contributed by atoms with Gasteiger partial charge in [-0.15, -0.1) is 12.4 Å². The van der Waals surface area contributed by atoms with Crippen molar-refractivity contribution in [3.8, 4) is 0 Å². The zero-order valence-corrected chi connectivity index (χ0v) is 10.8. The molecule has 0 saturated carbocycles. The van der Waals surface area contributed by atoms with E-state index in [1.54, 1.807) is 0 Å². The molecule has 0 aromatic rings. The van der Waals surface area contributed by atoms with Gasteiger partial charge in [0.1, 0.15) is 0 Å². The fourth-order valence-electron chi connectivity index (χ4n) is 1.67. The fraction of sp³-hybridized carbons (Fsp3) is 0.909. The van der Waals surface area contributed by atoms with Gasteiger partial charge in [-0.2, -0.15) is 0 Å². The molecule has 1 amide bonds. The summed E-state index contributed by atoms with van der Waals surface area (Å²) in [5, 5.41) is 6.16. The molecule has 4 nitrogen and oxygen atoms in total. The molecule has 1 saturated heterocycles. The minimum atomic E-state index is 0. The second-order valence-electron chi connectivity index (χ2n) is 4.03. The molecule has 16 heavy (non-hydrogen) atoms. The Bertz CT molecular complexity index is 185. The Hall–Kier alpha value is -0.320. The molecule has 5 heteroatoms. The standard InChI is InChI=1S/C11H22N2O2.ClH/c1-2-4-12-5-6-13-11(14)8-10-3-7-15-9-10;/h10,12H,2-9H2,1H3,(H,13,14);1H. The first-order chi connectivity index (χ1) is 7.33. The second kappa shape index (κ2) is 9.87. The summed E-state index contributed by atoms with van der Waals surface area (Å²) in [5.74, 6) is 0.595. The van der Waals surface area contributed by atoms with Gasteiger partial charge in [0.2, 0.25) is 5.91 Å². The quantitative estimate of drug-likeness (QED) is 0.662. The number of halogens is 1. The normalized spacial score (nSPS) is 19.2. The van der Waals surface area contributed by atoms with E-state index in [0.29, 0.717) is 12.3 Å². The summed E-state index contributed by atoms with van der Waals surface area (Å²) in [4.78, 5) is 11.4. The van der Waals surface area contributed by atoms with Crippen LogP contribution < -0.4 is 10.6 Å². The minimum absolute atomic E-state index is 0. The van der Waals surface area contributed by atoms with Crippen molar-refractivity contribution in [2.75, 3.05) is 32.8 Å². The van der Waals surface area contributed by atoms with Gasteiger partial charge in [-0.25, -0.2) is 0 Å². The van der Waals surface area contributed by atoms with Gasteiger partial charge in [0, 0.05) is 32.7 Å². The van der Waals surface area contributed by atoms with Crippen molar-refractivity contribution in [2.24, 2.45) is 5.92 Å². The van der Waals surface area contributed by atoms with Crippen LogP contribution in [0.5, 0.6) is 0 Å². The van der Waals surface area contributed by atoms with Crippen LogP contribution in [-0.4, -0.2) is 38.8 Å². The maximum absolute atomic E-state index is 11.4. The van der Waals surface area contributed by atoms with Crippen molar-refractivity contribution < 1.29 is 9.53 Å². The summed E-state index contributed by atoms with van der Waals surface area (Å²) < 4.78 is 5.22. The summed E-state index contributed by atoms with van der Waals surface area (Å²) in [6.45, 7) is 6.31. The van der Waals surface area contributed by atoms with Gasteiger partial charge >= 0.3 is 0 Å². The second-order valence-corrected chi connectivity index (χ2v) is 4.03. The summed E-state index contributed by atoms with van der Waals surface area (Å²) in [6.07, 6.45) is 2.78. The highest BCUT2D eigenvalue weighted by Crippen LogP contribution is 2.15. The van der Waals surface area contributed by atoms with Crippen molar-refractivity contribution in [2.45, 2.75) is 26.2 Å². The topological polar surface area (TPSA) is 50.4 Å². The van der Waals surface area contributed by atoms with Crippen molar-refractivity contribution in [1.82, 2.24) is 10.6 Å². The smallest absolute Gasteiger partial charge is 0.220 e. The molecule has 0 aromatic carbocycles. The molecule has 2 N–H and O–H groups in total. The van der Waals surface area contributed by atoms with E-state index in [0.717, 1.165) is 45.7 Å². The number of hydrogen-bond acceptors (Lipinski definition) is 3. The van der Waals surface area contributed by atoms with Crippen LogP contribution in [0.25, 0.3) is 0 Å². The molecule has 1 atom stereocenters. The van der Waals surface area contributed by atoms with Crippen LogP contribution in [0.1, 0.15) is 26.2 Å². The number of ether oxygens (including phenoxy) is 1. The highest BCUT2D eigenvalue weighted by Gasteiger charge is 2.18. The molecule has 1 heterocycles. The number of carbonyl (C=O) groups is 1. The van der Waals surface area contributed by atoms with Gasteiger partial charge in [-0.1, -0.05) is 6.92 Å². The molecule has 1 aliphatic rings. The number of rotatable bonds is 7. The third-order valence-corrected chi connectivity index (χ3v) is 2.55. The van der Waals surface area contributed by atoms with E-state index in [1.807, 2.05) is 0 Å². The predicted molar refractivity (Wildman–Crippen MR) is 67.0 cm³/mol. The van der Waals surface area contributed by atoms with E-state index < -0.39 is 0 Å². The van der Waals surface area contributed by atoms with Crippen LogP contribution in [0.3, 0.4) is 0 Å². The Morgan fingerprint density at radius 2 is 2.19 bits per heavy atom. The zero-order valence-electron chi connectivity index (χ0n) is 9.96. The summed E-state index contributed by atoms with van der Waals surface area (Å²) >= 11 is 0. The highest BCUT2D eigenvalue weighted by molar-refractivity contribution is 5.85. The fourth-order valence-corrected chi connectivity index (χ4v) is 1.67. The van der Waals surface area contributed by atoms with E-state index in [1.165, 1.54) is 0 Å². The highest BCUT2D eigenvalue weighted by atomic mass is 35.5. The van der Waals surface area contributed by atoms with E-state index in [-0.39, 0.29) is 18.3 Å². The number of hydrogen-bond donors (Lipinski definition) is 2. The molecule has 0 aromatic heterocycles. The van der Waals surface area contributed by atoms with Crippen molar-refractivity contribution in [1.29, 1.82) is 0 Å². The van der Waals surface area contributed by atoms with E-state index in [4.69, 9.17) is 4.74 Å². The average molecular weight is 251 g/mol. The Morgan fingerprint density at radius 3 is 2.81 bits per heavy atom. The molecule has 1 fully saturated rings. The Labute approximate surface area is 104 Å². The van der Waals surface area contributed by atoms with Crippen LogP contribution in [-0.2, 0) is 9.53 Å². The first-order valence-corrected chi connectivity index (χ1v) is 5.88. The lowest BCUT2D eigenvalue weighted by Gasteiger charge is -2.08. The predicted octanol–water partition coefficient (Wildman–Crippen LogP) is 0.951. The zero-order chi connectivity index (χ0) is 10.9. The van der Waals surface area contributed by atoms with E-state index in [2.05, 4.69) is 17.6 Å². The molecule has 1 aliphatic heterocycles. The van der Waals surface area contributed by atoms with E-state index >= 15 is 0 Å². The maximum Gasteiger partial charge on any atom is 0.220 e. The van der Waals surface area contributed by atoms with Crippen molar-refractivity contribution >= 4 is 18.3 Å². The maximum atomic E-state index is 11.4. The molecule has 0 bridgehead atoms. The Morgan fingerprint density at radius 1 is 1.38 bits per heavy atom. The van der Waals surface area contributed by atoms with Gasteiger partial charge in [-0.3, -0.25) is 4.79 Å². The first-order valence-electron chi connectivity index (χ1n) is 5.88. The van der Waals surface area contributed by atoms with Crippen LogP contribution >= 0.6 is 12.4 Å². The van der Waals surface area contributed by atoms with Crippen LogP contribution in [0.4, 0.5) is 0 Å². The van der Waals surface area contributed by atoms with Crippen molar-refractivity contribution in [3.05, 3.63) is 0 Å². The lowest BCUT2D eigenvalue weighted by molar-refractivity contribution is -0.122. The summed E-state index contributed by atoms with van der Waals surface area (Å²) in [5.41, 5.74) is 0. The largest absolute Gasteiger partial charge is 0.381 e. The van der Waals surface area contributed by atoms with Crippen LogP contribution in [0.2, 0.25) is 0 Å². The van der Waals surface area contributed by atoms with Crippen molar-refractivity contribution in [3.63, 3.8) is 0 Å². The number of amides is 1. The molecule has 0 spiro atoms. The minimum Gasteiger partial charge on any atom is -0.381 e. The van der Waals surface area contributed by atoms with Gasteiger partial charge < -0.3 is 15.4 Å². The van der Waals surface area contributed by atoms with Gasteiger partial charge in [0.25, 0.3) is 0 Å².